The Hall–Kier alpha value is -1.41. The molecular formula is C15H18N2. The maximum Gasteiger partial charge on any atom is 0.0349 e. The zero-order valence-electron chi connectivity index (χ0n) is 10.2. The Bertz CT molecular complexity index is 516. The summed E-state index contributed by atoms with van der Waals surface area (Å²) in [6.07, 6.45) is 5.12. The first kappa shape index (κ1) is 10.7. The van der Waals surface area contributed by atoms with Crippen LogP contribution >= 0.6 is 0 Å². The van der Waals surface area contributed by atoms with E-state index in [4.69, 9.17) is 0 Å². The summed E-state index contributed by atoms with van der Waals surface area (Å²) in [5, 5.41) is 6.10. The van der Waals surface area contributed by atoms with Crippen molar-refractivity contribution in [3.63, 3.8) is 0 Å². The van der Waals surface area contributed by atoms with Gasteiger partial charge in [0.15, 0.2) is 0 Å². The third-order valence-corrected chi connectivity index (χ3v) is 3.90. The predicted molar refractivity (Wildman–Crippen MR) is 71.1 cm³/mol. The van der Waals surface area contributed by atoms with Crippen molar-refractivity contribution in [1.82, 2.24) is 10.3 Å². The van der Waals surface area contributed by atoms with E-state index in [0.29, 0.717) is 11.8 Å². The summed E-state index contributed by atoms with van der Waals surface area (Å²) >= 11 is 0. The molecule has 0 bridgehead atoms. The molecule has 88 valence electrons. The number of nitrogens with one attached hydrogen (secondary N) is 1. The van der Waals surface area contributed by atoms with Crippen LogP contribution in [0.25, 0.3) is 10.8 Å². The minimum atomic E-state index is 0.671. The van der Waals surface area contributed by atoms with Crippen LogP contribution in [0.15, 0.2) is 36.7 Å². The molecule has 2 heteroatoms. The molecule has 2 atom stereocenters. The van der Waals surface area contributed by atoms with Gasteiger partial charge in [-0.15, -0.1) is 0 Å². The lowest BCUT2D eigenvalue weighted by Crippen LogP contribution is -2.33. The van der Waals surface area contributed by atoms with E-state index in [-0.39, 0.29) is 0 Å². The minimum absolute atomic E-state index is 0.671. The molecule has 0 radical (unpaired) electrons. The lowest BCUT2D eigenvalue weighted by molar-refractivity contribution is 0.351. The summed E-state index contributed by atoms with van der Waals surface area (Å²) in [5.41, 5.74) is 1.48. The topological polar surface area (TPSA) is 24.9 Å². The van der Waals surface area contributed by atoms with Crippen molar-refractivity contribution < 1.29 is 0 Å². The van der Waals surface area contributed by atoms with Gasteiger partial charge < -0.3 is 5.32 Å². The van der Waals surface area contributed by atoms with E-state index in [0.717, 1.165) is 13.1 Å². The van der Waals surface area contributed by atoms with Crippen LogP contribution in [0.4, 0.5) is 0 Å². The predicted octanol–water partition coefficient (Wildman–Crippen LogP) is 2.95. The van der Waals surface area contributed by atoms with Gasteiger partial charge in [-0.3, -0.25) is 4.98 Å². The van der Waals surface area contributed by atoms with Gasteiger partial charge in [-0.2, -0.15) is 0 Å². The molecule has 17 heavy (non-hydrogen) atoms. The van der Waals surface area contributed by atoms with E-state index in [2.05, 4.69) is 41.5 Å². The second kappa shape index (κ2) is 4.46. The van der Waals surface area contributed by atoms with Gasteiger partial charge in [0, 0.05) is 17.8 Å². The van der Waals surface area contributed by atoms with E-state index < -0.39 is 0 Å². The fourth-order valence-electron chi connectivity index (χ4n) is 2.94. The van der Waals surface area contributed by atoms with E-state index in [1.165, 1.54) is 22.8 Å². The largest absolute Gasteiger partial charge is 0.316 e. The van der Waals surface area contributed by atoms with Crippen LogP contribution in [0.2, 0.25) is 0 Å². The highest BCUT2D eigenvalue weighted by atomic mass is 14.9. The number of aromatic nitrogens is 1. The van der Waals surface area contributed by atoms with Gasteiger partial charge in [0.1, 0.15) is 0 Å². The molecule has 2 nitrogen and oxygen atoms in total. The first-order chi connectivity index (χ1) is 8.36. The fourth-order valence-corrected chi connectivity index (χ4v) is 2.94. The zero-order valence-corrected chi connectivity index (χ0v) is 10.2. The van der Waals surface area contributed by atoms with E-state index in [1.54, 1.807) is 0 Å². The maximum absolute atomic E-state index is 4.28. The number of fused-ring (bicyclic) bond motifs is 1. The molecule has 2 heterocycles. The molecule has 1 aliphatic rings. The molecule has 0 saturated carbocycles. The molecule has 0 aliphatic carbocycles. The van der Waals surface area contributed by atoms with Crippen molar-refractivity contribution in [1.29, 1.82) is 0 Å². The van der Waals surface area contributed by atoms with E-state index in [9.17, 15) is 0 Å². The van der Waals surface area contributed by atoms with Gasteiger partial charge in [0.25, 0.3) is 0 Å². The van der Waals surface area contributed by atoms with Crippen LogP contribution in [-0.4, -0.2) is 18.1 Å². The van der Waals surface area contributed by atoms with Gasteiger partial charge in [0.05, 0.1) is 0 Å². The Morgan fingerprint density at radius 3 is 3.12 bits per heavy atom. The molecule has 0 amide bonds. The van der Waals surface area contributed by atoms with Crippen LogP contribution in [0.3, 0.4) is 0 Å². The molecule has 1 saturated heterocycles. The molecule has 1 N–H and O–H groups in total. The molecule has 0 spiro atoms. The first-order valence-electron chi connectivity index (χ1n) is 6.39. The number of hydrogen-bond acceptors (Lipinski definition) is 2. The second-order valence-corrected chi connectivity index (χ2v) is 5.02. The molecule has 1 aromatic heterocycles. The summed E-state index contributed by atoms with van der Waals surface area (Å²) in [6, 6.07) is 8.72. The monoisotopic (exact) mass is 226 g/mol. The van der Waals surface area contributed by atoms with Gasteiger partial charge in [-0.1, -0.05) is 25.1 Å². The number of benzene rings is 1. The van der Waals surface area contributed by atoms with Crippen LogP contribution in [0.5, 0.6) is 0 Å². The maximum atomic E-state index is 4.28. The van der Waals surface area contributed by atoms with Crippen LogP contribution in [-0.2, 0) is 0 Å². The van der Waals surface area contributed by atoms with Crippen LogP contribution < -0.4 is 5.32 Å². The lowest BCUT2D eigenvalue weighted by atomic mass is 9.81. The van der Waals surface area contributed by atoms with Crippen molar-refractivity contribution >= 4 is 10.8 Å². The first-order valence-corrected chi connectivity index (χ1v) is 6.39. The summed E-state index contributed by atoms with van der Waals surface area (Å²) < 4.78 is 0. The Labute approximate surface area is 102 Å². The molecule has 3 rings (SSSR count). The number of piperidine rings is 1. The van der Waals surface area contributed by atoms with Crippen molar-refractivity contribution in [3.05, 3.63) is 42.2 Å². The van der Waals surface area contributed by atoms with Gasteiger partial charge >= 0.3 is 0 Å². The summed E-state index contributed by atoms with van der Waals surface area (Å²) in [7, 11) is 0. The molecule has 1 fully saturated rings. The Morgan fingerprint density at radius 2 is 2.24 bits per heavy atom. The smallest absolute Gasteiger partial charge is 0.0349 e. The minimum Gasteiger partial charge on any atom is -0.316 e. The average Bonchev–Trinajstić information content (AvgIpc) is 2.39. The zero-order chi connectivity index (χ0) is 11.7. The van der Waals surface area contributed by atoms with Crippen molar-refractivity contribution in [2.45, 2.75) is 19.3 Å². The molecule has 1 aliphatic heterocycles. The highest BCUT2D eigenvalue weighted by molar-refractivity contribution is 5.85. The normalized spacial score (nSPS) is 25.0. The fraction of sp³-hybridized carbons (Fsp3) is 0.400. The third kappa shape index (κ3) is 1.93. The lowest BCUT2D eigenvalue weighted by Gasteiger charge is -2.30. The van der Waals surface area contributed by atoms with Crippen molar-refractivity contribution in [3.8, 4) is 0 Å². The number of hydrogen-bond donors (Lipinski definition) is 1. The third-order valence-electron chi connectivity index (χ3n) is 3.90. The SMILES string of the molecule is CC1CNCCC1c1cccc2ccncc12. The molecule has 2 aromatic rings. The van der Waals surface area contributed by atoms with E-state index >= 15 is 0 Å². The number of nitrogens with zero attached hydrogens (tertiary/aromatic N) is 1. The Morgan fingerprint density at radius 1 is 1.29 bits per heavy atom. The quantitative estimate of drug-likeness (QED) is 0.808. The number of rotatable bonds is 1. The van der Waals surface area contributed by atoms with E-state index in [1.807, 2.05) is 12.4 Å². The van der Waals surface area contributed by atoms with Crippen LogP contribution in [0, 0.1) is 5.92 Å². The summed E-state index contributed by atoms with van der Waals surface area (Å²) in [4.78, 5) is 4.28. The standard InChI is InChI=1S/C15H18N2/c1-11-9-16-8-6-13(11)14-4-2-3-12-5-7-17-10-15(12)14/h2-5,7,10-11,13,16H,6,8-9H2,1H3. The Kier molecular flexibility index (Phi) is 2.81. The van der Waals surface area contributed by atoms with Crippen LogP contribution in [0.1, 0.15) is 24.8 Å². The average molecular weight is 226 g/mol. The second-order valence-electron chi connectivity index (χ2n) is 5.02. The summed E-state index contributed by atoms with van der Waals surface area (Å²) in [5.74, 6) is 1.37. The highest BCUT2D eigenvalue weighted by Crippen LogP contribution is 2.34. The van der Waals surface area contributed by atoms with Gasteiger partial charge in [-0.05, 0) is 48.4 Å². The Balaban J connectivity index is 2.10. The molecule has 2 unspecified atom stereocenters. The van der Waals surface area contributed by atoms with Gasteiger partial charge in [0.2, 0.25) is 0 Å². The molecular weight excluding hydrogens is 208 g/mol. The van der Waals surface area contributed by atoms with Crippen molar-refractivity contribution in [2.24, 2.45) is 5.92 Å². The highest BCUT2D eigenvalue weighted by Gasteiger charge is 2.23. The van der Waals surface area contributed by atoms with Gasteiger partial charge in [-0.25, -0.2) is 0 Å². The summed E-state index contributed by atoms with van der Waals surface area (Å²) in [6.45, 7) is 4.60. The molecule has 1 aromatic carbocycles. The van der Waals surface area contributed by atoms with Crippen molar-refractivity contribution in [2.75, 3.05) is 13.1 Å². The number of pyridine rings is 1.